The standard InChI is InChI=1S/C26H29O2P.BrH/c1-20-12-4-7-15-23(20)29(19-11-10-18-26(27)28,24-16-8-5-13-21(24)2)25-17-9-6-14-22(25)3;/h4-9,12-17H,10-11,18-19H2,1-3H3;1H. The Labute approximate surface area is 191 Å². The molecule has 0 aliphatic heterocycles. The van der Waals surface area contributed by atoms with E-state index in [1.54, 1.807) is 0 Å². The van der Waals surface area contributed by atoms with Gasteiger partial charge >= 0.3 is 5.97 Å². The lowest BCUT2D eigenvalue weighted by atomic mass is 10.2. The Morgan fingerprint density at radius 3 is 1.40 bits per heavy atom. The molecule has 2 nitrogen and oxygen atoms in total. The molecule has 30 heavy (non-hydrogen) atoms. The zero-order valence-corrected chi connectivity index (χ0v) is 20.4. The van der Waals surface area contributed by atoms with Gasteiger partial charge in [0.05, 0.1) is 6.16 Å². The normalized spacial score (nSPS) is 11.0. The molecule has 4 heteroatoms. The lowest BCUT2D eigenvalue weighted by Crippen LogP contribution is -3.00. The molecule has 0 aliphatic rings. The minimum atomic E-state index is -1.92. The van der Waals surface area contributed by atoms with Crippen molar-refractivity contribution in [3.8, 4) is 0 Å². The number of benzene rings is 3. The predicted octanol–water partition coefficient (Wildman–Crippen LogP) is 2.16. The van der Waals surface area contributed by atoms with Gasteiger partial charge in [0.15, 0.2) is 0 Å². The fraction of sp³-hybridized carbons (Fsp3) is 0.269. The maximum atomic E-state index is 11.1. The first-order valence-electron chi connectivity index (χ1n) is 10.3. The first kappa shape index (κ1) is 24.3. The molecule has 0 saturated heterocycles. The number of hydrogen-bond acceptors (Lipinski definition) is 1. The molecule has 0 unspecified atom stereocenters. The van der Waals surface area contributed by atoms with E-state index in [4.69, 9.17) is 5.11 Å². The van der Waals surface area contributed by atoms with Crippen molar-refractivity contribution in [2.45, 2.75) is 40.0 Å². The van der Waals surface area contributed by atoms with Gasteiger partial charge in [0.2, 0.25) is 0 Å². The van der Waals surface area contributed by atoms with Crippen LogP contribution in [0.3, 0.4) is 0 Å². The second kappa shape index (κ2) is 10.9. The summed E-state index contributed by atoms with van der Waals surface area (Å²) in [4.78, 5) is 11.1. The molecular formula is C26H30BrO2P. The van der Waals surface area contributed by atoms with Crippen molar-refractivity contribution >= 4 is 29.1 Å². The van der Waals surface area contributed by atoms with Gasteiger partial charge in [-0.15, -0.1) is 0 Å². The predicted molar refractivity (Wildman–Crippen MR) is 126 cm³/mol. The number of unbranched alkanes of at least 4 members (excludes halogenated alkanes) is 1. The lowest BCUT2D eigenvalue weighted by molar-refractivity contribution is -0.137. The monoisotopic (exact) mass is 484 g/mol. The summed E-state index contributed by atoms with van der Waals surface area (Å²) in [6.45, 7) is 6.62. The van der Waals surface area contributed by atoms with Gasteiger partial charge in [-0.1, -0.05) is 54.6 Å². The molecule has 0 atom stereocenters. The summed E-state index contributed by atoms with van der Waals surface area (Å²) >= 11 is 0. The Hall–Kier alpha value is -1.96. The Morgan fingerprint density at radius 2 is 1.07 bits per heavy atom. The van der Waals surface area contributed by atoms with Crippen LogP contribution >= 0.6 is 7.26 Å². The van der Waals surface area contributed by atoms with Crippen LogP contribution in [0.15, 0.2) is 72.8 Å². The van der Waals surface area contributed by atoms with Crippen LogP contribution in [-0.4, -0.2) is 17.2 Å². The number of carboxylic acid groups (broad SMARTS) is 1. The molecule has 3 aromatic carbocycles. The van der Waals surface area contributed by atoms with Crippen molar-refractivity contribution in [1.82, 2.24) is 0 Å². The van der Waals surface area contributed by atoms with E-state index in [1.807, 2.05) is 0 Å². The van der Waals surface area contributed by atoms with Gasteiger partial charge in [-0.25, -0.2) is 0 Å². The van der Waals surface area contributed by atoms with Crippen molar-refractivity contribution in [2.75, 3.05) is 6.16 Å². The molecule has 0 aromatic heterocycles. The summed E-state index contributed by atoms with van der Waals surface area (Å²) in [7, 11) is -1.92. The third-order valence-electron chi connectivity index (χ3n) is 5.71. The topological polar surface area (TPSA) is 37.3 Å². The van der Waals surface area contributed by atoms with E-state index in [2.05, 4.69) is 93.6 Å². The third-order valence-corrected chi connectivity index (χ3v) is 10.7. The van der Waals surface area contributed by atoms with Crippen molar-refractivity contribution in [2.24, 2.45) is 0 Å². The van der Waals surface area contributed by atoms with Crippen molar-refractivity contribution < 1.29 is 26.9 Å². The Bertz CT molecular complexity index is 889. The molecule has 0 amide bonds. The van der Waals surface area contributed by atoms with Crippen molar-refractivity contribution in [3.05, 3.63) is 89.5 Å². The molecule has 3 rings (SSSR count). The van der Waals surface area contributed by atoms with E-state index < -0.39 is 13.2 Å². The molecule has 0 fully saturated rings. The highest BCUT2D eigenvalue weighted by Gasteiger charge is 2.47. The highest BCUT2D eigenvalue weighted by atomic mass is 79.9. The molecule has 0 bridgehead atoms. The molecule has 3 aromatic rings. The summed E-state index contributed by atoms with van der Waals surface area (Å²) in [5, 5.41) is 13.4. The number of hydrogen-bond donors (Lipinski definition) is 1. The maximum absolute atomic E-state index is 11.1. The van der Waals surface area contributed by atoms with E-state index in [1.165, 1.54) is 32.6 Å². The average Bonchev–Trinajstić information content (AvgIpc) is 2.70. The Balaban J connectivity index is 0.00000320. The average molecular weight is 485 g/mol. The van der Waals surface area contributed by atoms with E-state index in [-0.39, 0.29) is 23.4 Å². The van der Waals surface area contributed by atoms with Gasteiger partial charge in [0.1, 0.15) is 23.2 Å². The first-order chi connectivity index (χ1) is 14.0. The van der Waals surface area contributed by atoms with Crippen LogP contribution in [0.1, 0.15) is 36.0 Å². The lowest BCUT2D eigenvalue weighted by Gasteiger charge is -2.31. The Kier molecular flexibility index (Phi) is 8.82. The maximum Gasteiger partial charge on any atom is 0.303 e. The molecule has 0 heterocycles. The smallest absolute Gasteiger partial charge is 0.303 e. The summed E-state index contributed by atoms with van der Waals surface area (Å²) in [5.41, 5.74) is 3.93. The number of carboxylic acids is 1. The van der Waals surface area contributed by atoms with Gasteiger partial charge in [-0.05, 0) is 68.5 Å². The van der Waals surface area contributed by atoms with Gasteiger partial charge in [0, 0.05) is 6.42 Å². The third kappa shape index (κ3) is 5.02. The Morgan fingerprint density at radius 1 is 0.700 bits per heavy atom. The zero-order chi connectivity index (χ0) is 20.9. The highest BCUT2D eigenvalue weighted by molar-refractivity contribution is 7.96. The van der Waals surface area contributed by atoms with E-state index in [0.29, 0.717) is 6.42 Å². The number of aryl methyl sites for hydroxylation is 3. The molecule has 0 radical (unpaired) electrons. The zero-order valence-electron chi connectivity index (χ0n) is 17.9. The molecular weight excluding hydrogens is 455 g/mol. The van der Waals surface area contributed by atoms with Crippen LogP contribution < -0.4 is 32.9 Å². The van der Waals surface area contributed by atoms with Gasteiger partial charge in [-0.3, -0.25) is 4.79 Å². The minimum Gasteiger partial charge on any atom is -1.00 e. The van der Waals surface area contributed by atoms with Crippen LogP contribution in [0.5, 0.6) is 0 Å². The summed E-state index contributed by atoms with van der Waals surface area (Å²) in [6, 6.07) is 26.2. The number of aliphatic carboxylic acids is 1. The highest BCUT2D eigenvalue weighted by Crippen LogP contribution is 2.58. The SMILES string of the molecule is Cc1ccccc1[P+](CCCCC(=O)O)(c1ccccc1C)c1ccccc1C.[Br-]. The van der Waals surface area contributed by atoms with E-state index in [0.717, 1.165) is 12.6 Å². The molecule has 0 aliphatic carbocycles. The first-order valence-corrected chi connectivity index (χ1v) is 12.2. The summed E-state index contributed by atoms with van der Waals surface area (Å²) in [5.74, 6) is -0.711. The number of rotatable bonds is 8. The van der Waals surface area contributed by atoms with Crippen LogP contribution in [0.4, 0.5) is 0 Å². The molecule has 0 spiro atoms. The fourth-order valence-electron chi connectivity index (χ4n) is 4.35. The molecule has 0 saturated carbocycles. The van der Waals surface area contributed by atoms with Gasteiger partial charge < -0.3 is 22.1 Å². The van der Waals surface area contributed by atoms with Gasteiger partial charge in [-0.2, -0.15) is 0 Å². The second-order valence-electron chi connectivity index (χ2n) is 7.74. The molecule has 158 valence electrons. The quantitative estimate of drug-likeness (QED) is 0.393. The van der Waals surface area contributed by atoms with Crippen LogP contribution in [-0.2, 0) is 4.79 Å². The van der Waals surface area contributed by atoms with Gasteiger partial charge in [0.25, 0.3) is 0 Å². The van der Waals surface area contributed by atoms with Crippen molar-refractivity contribution in [1.29, 1.82) is 0 Å². The largest absolute Gasteiger partial charge is 1.00 e. The summed E-state index contributed by atoms with van der Waals surface area (Å²) in [6.07, 6.45) is 2.83. The summed E-state index contributed by atoms with van der Waals surface area (Å²) < 4.78 is 0. The minimum absolute atomic E-state index is 0. The van der Waals surface area contributed by atoms with Crippen LogP contribution in [0, 0.1) is 20.8 Å². The van der Waals surface area contributed by atoms with E-state index in [9.17, 15) is 4.79 Å². The number of carbonyl (C=O) groups is 1. The van der Waals surface area contributed by atoms with Crippen LogP contribution in [0.2, 0.25) is 0 Å². The fourth-order valence-corrected chi connectivity index (χ4v) is 9.60. The number of halogens is 1. The second-order valence-corrected chi connectivity index (χ2v) is 11.3. The molecule has 1 N–H and O–H groups in total. The van der Waals surface area contributed by atoms with Crippen LogP contribution in [0.25, 0.3) is 0 Å². The van der Waals surface area contributed by atoms with E-state index >= 15 is 0 Å². The van der Waals surface area contributed by atoms with Crippen molar-refractivity contribution in [3.63, 3.8) is 0 Å².